The number of carbonyl (C=O) groups is 9. The number of benzene rings is 5. The van der Waals surface area contributed by atoms with Crippen molar-refractivity contribution in [1.29, 1.82) is 5.41 Å². The van der Waals surface area contributed by atoms with E-state index in [1.807, 2.05) is 42.5 Å². The van der Waals surface area contributed by atoms with E-state index in [1.54, 1.807) is 103 Å². The number of carbonyl (C=O) groups excluding carboxylic acids is 9. The standard InChI is InChI=1S/C87H111N17O11S/c1-53(105)79-86(115)99-71(41-54-19-6-3-7-20-54)76(107)31-11-5-10-27-68(95-49-61(39-56-32-34-62(106)35-33-56)96-77(108)52-116-51-58-40-65-64-25-16-29-67-78(64)60(48-94-67)45-75(65)104(2)50-58)80(109)97-70(30-18-38-92-87(89)90)81(110)100-72(42-55-21-8-4-9-22-55)83(112)101-73(43-57-23-17-37-91-46-57)84(113)102-74(44-59-47-93-66-26-13-12-24-63(59)66)85(114)98-69(82(111)103-79)28-14-15-36-88/h3-4,6-9,12-13,16-17,19-26,29,32-35,37,46-48,53,58,61,65,68-75,79,93-95,105-106H,5,10-11,14-15,18,27-28,30-31,36,38-45,49-52,88H2,1-2H3,(H,96,108)(H,97,109)(H,98,114)(H,99,115)(H,100,110)(H,101,112)(H,102,113)(H,103,111)(H4,89,90,92)/t53-,58-,61+,65-,68-,69+,70+,71+,72+,73+,74-,75-,79+/m1/s1. The first-order valence-corrected chi connectivity index (χ1v) is 41.6. The summed E-state index contributed by atoms with van der Waals surface area (Å²) in [7, 11) is 2.19. The molecule has 0 unspecified atom stereocenters. The second kappa shape index (κ2) is 42.6. The molecule has 0 saturated carbocycles. The number of likely N-dealkylation sites (tertiary alicyclic amines) is 1. The normalized spacial score (nSPS) is 23.2. The first kappa shape index (κ1) is 85.9. The van der Waals surface area contributed by atoms with Crippen molar-refractivity contribution in [2.75, 3.05) is 44.7 Å². The lowest BCUT2D eigenvalue weighted by atomic mass is 9.73. The molecule has 11 rings (SSSR count). The molecular weight excluding hydrogens is 1490 g/mol. The van der Waals surface area contributed by atoms with E-state index >= 15 is 24.0 Å². The maximum atomic E-state index is 15.5. The number of para-hydroxylation sites is 1. The Kier molecular flexibility index (Phi) is 31.5. The highest BCUT2D eigenvalue weighted by molar-refractivity contribution is 7.99. The molecule has 19 N–H and O–H groups in total. The van der Waals surface area contributed by atoms with Crippen LogP contribution >= 0.6 is 11.8 Å². The molecule has 2 fully saturated rings. The van der Waals surface area contributed by atoms with Crippen LogP contribution in [0.1, 0.15) is 122 Å². The summed E-state index contributed by atoms with van der Waals surface area (Å²) in [6.07, 6.45) is 9.28. The number of nitrogens with zero attached hydrogens (tertiary/aromatic N) is 2. The van der Waals surface area contributed by atoms with Crippen molar-refractivity contribution < 1.29 is 53.4 Å². The number of phenolic OH excluding ortho intramolecular Hbond substituents is 1. The quantitative estimate of drug-likeness (QED) is 0.0187. The number of nitrogens with two attached hydrogens (primary N) is 2. The number of aliphatic hydroxyl groups is 1. The summed E-state index contributed by atoms with van der Waals surface area (Å²) in [5, 5.41) is 61.3. The zero-order valence-electron chi connectivity index (χ0n) is 65.9. The molecule has 116 heavy (non-hydrogen) atoms. The Balaban J connectivity index is 0.903. The van der Waals surface area contributed by atoms with Crippen LogP contribution in [-0.4, -0.2) is 200 Å². The van der Waals surface area contributed by atoms with Gasteiger partial charge in [0.05, 0.1) is 23.9 Å². The van der Waals surface area contributed by atoms with Crippen molar-refractivity contribution in [1.82, 2.24) is 73.0 Å². The van der Waals surface area contributed by atoms with Gasteiger partial charge in [-0.1, -0.05) is 122 Å². The summed E-state index contributed by atoms with van der Waals surface area (Å²) in [6, 6.07) is 30.6. The third kappa shape index (κ3) is 24.5. The smallest absolute Gasteiger partial charge is 0.245 e. The number of piperidine rings is 1. The number of Topliss-reactive ketones (excluding diaryl/α,β-unsaturated/α-hetero) is 1. The van der Waals surface area contributed by atoms with Crippen LogP contribution in [0.2, 0.25) is 0 Å². The number of ketones is 1. The highest BCUT2D eigenvalue weighted by atomic mass is 32.2. The van der Waals surface area contributed by atoms with Gasteiger partial charge in [-0.05, 0) is 172 Å². The molecule has 5 aromatic carbocycles. The lowest BCUT2D eigenvalue weighted by Crippen LogP contribution is -2.62. The molecule has 0 bridgehead atoms. The number of rotatable bonds is 27. The molecule has 2 aliphatic heterocycles. The van der Waals surface area contributed by atoms with Crippen LogP contribution in [0.15, 0.2) is 164 Å². The van der Waals surface area contributed by atoms with Gasteiger partial charge in [0, 0.05) is 110 Å². The molecule has 8 aromatic rings. The van der Waals surface area contributed by atoms with Crippen LogP contribution in [0, 0.1) is 11.3 Å². The van der Waals surface area contributed by atoms with Gasteiger partial charge in [-0.2, -0.15) is 11.8 Å². The van der Waals surface area contributed by atoms with E-state index < -0.39 is 102 Å². The summed E-state index contributed by atoms with van der Waals surface area (Å²) in [5.41, 5.74) is 19.5. The fraction of sp³-hybridized carbons (Fsp3) is 0.437. The number of hydrogen-bond acceptors (Lipinski definition) is 17. The number of aromatic hydroxyl groups is 1. The van der Waals surface area contributed by atoms with E-state index in [1.165, 1.54) is 29.6 Å². The molecule has 3 aliphatic rings. The Morgan fingerprint density at radius 1 is 0.638 bits per heavy atom. The minimum Gasteiger partial charge on any atom is -0.508 e. The maximum absolute atomic E-state index is 15.5. The zero-order valence-corrected chi connectivity index (χ0v) is 66.7. The van der Waals surface area contributed by atoms with E-state index in [-0.39, 0.29) is 113 Å². The van der Waals surface area contributed by atoms with Gasteiger partial charge in [0.2, 0.25) is 47.3 Å². The predicted octanol–water partition coefficient (Wildman–Crippen LogP) is 4.80. The lowest BCUT2D eigenvalue weighted by molar-refractivity contribution is -0.136. The average molecular weight is 1600 g/mol. The molecule has 5 heterocycles. The van der Waals surface area contributed by atoms with Crippen molar-refractivity contribution in [3.63, 3.8) is 0 Å². The number of aromatic amines is 2. The fourth-order valence-corrected chi connectivity index (χ4v) is 17.1. The van der Waals surface area contributed by atoms with Gasteiger partial charge < -0.3 is 89.7 Å². The second-order valence-corrected chi connectivity index (χ2v) is 32.1. The van der Waals surface area contributed by atoms with Gasteiger partial charge in [-0.25, -0.2) is 0 Å². The number of guanidine groups is 1. The highest BCUT2D eigenvalue weighted by Crippen LogP contribution is 2.45. The summed E-state index contributed by atoms with van der Waals surface area (Å²) in [6.45, 7) is 2.62. The number of nitrogens with one attached hydrogen (secondary N) is 13. The first-order chi connectivity index (χ1) is 56.1. The van der Waals surface area contributed by atoms with Crippen LogP contribution in [0.3, 0.4) is 0 Å². The van der Waals surface area contributed by atoms with Crippen molar-refractivity contribution in [3.05, 3.63) is 203 Å². The number of pyridine rings is 1. The van der Waals surface area contributed by atoms with Crippen molar-refractivity contribution >= 4 is 92.6 Å². The summed E-state index contributed by atoms with van der Waals surface area (Å²) in [4.78, 5) is 149. The van der Waals surface area contributed by atoms with Crippen molar-refractivity contribution in [2.24, 2.45) is 17.4 Å². The van der Waals surface area contributed by atoms with Crippen LogP contribution < -0.4 is 64.6 Å². The number of aromatic nitrogens is 3. The third-order valence-corrected chi connectivity index (χ3v) is 23.4. The number of aliphatic hydroxyl groups excluding tert-OH is 1. The Hall–Kier alpha value is -11.0. The fourth-order valence-electron chi connectivity index (χ4n) is 16.2. The third-order valence-electron chi connectivity index (χ3n) is 22.2. The second-order valence-electron chi connectivity index (χ2n) is 31.0. The number of amides is 8. The Morgan fingerprint density at radius 2 is 1.24 bits per heavy atom. The summed E-state index contributed by atoms with van der Waals surface area (Å²) in [5.74, 6) is -4.84. The van der Waals surface area contributed by atoms with Gasteiger partial charge >= 0.3 is 0 Å². The topological polar surface area (TPSA) is 438 Å². The Morgan fingerprint density at radius 3 is 1.92 bits per heavy atom. The Bertz CT molecular complexity index is 4630. The van der Waals surface area contributed by atoms with Gasteiger partial charge in [-0.15, -0.1) is 0 Å². The number of hydrogen-bond donors (Lipinski definition) is 17. The van der Waals surface area contributed by atoms with Gasteiger partial charge in [0.25, 0.3) is 0 Å². The van der Waals surface area contributed by atoms with Crippen LogP contribution in [0.25, 0.3) is 21.8 Å². The summed E-state index contributed by atoms with van der Waals surface area (Å²) < 4.78 is 0. The predicted molar refractivity (Wildman–Crippen MR) is 448 cm³/mol. The van der Waals surface area contributed by atoms with Crippen molar-refractivity contribution in [3.8, 4) is 5.75 Å². The van der Waals surface area contributed by atoms with Gasteiger partial charge in [-0.3, -0.25) is 53.5 Å². The van der Waals surface area contributed by atoms with Crippen LogP contribution in [0.4, 0.5) is 0 Å². The average Bonchev–Trinajstić information content (AvgIpc) is 1.50. The molecule has 8 amide bonds. The minimum absolute atomic E-state index is 0.00468. The molecule has 1 aliphatic carbocycles. The number of H-pyrrole nitrogens is 2. The molecule has 0 spiro atoms. The highest BCUT2D eigenvalue weighted by Gasteiger charge is 2.41. The SMILES string of the molecule is C[C@@H](O)[C@@H]1NC(=O)[C@H](CCCCN)NC(=O)[C@@H](Cc2c[nH]c3ccccc23)NC(=O)[C@H](Cc2cccnc2)NC(=O)[C@H](Cc2ccccc2)NC(=O)[C@H](CCCNC(=N)N)NC(=O)[C@H](NC[C@H](Cc2ccc(O)cc2)NC(=O)CSC[C@@H]2C[C@@H]3c4cccc5[nH]cc(c45)C[C@H]3N(C)C2)CCCCCC(=O)[C@H](Cc2ccccc2)NC1=O. The van der Waals surface area contributed by atoms with Crippen molar-refractivity contribution in [2.45, 2.75) is 189 Å². The number of likely N-dealkylation sites (N-methyl/N-ethyl adjacent to an activating group) is 1. The van der Waals surface area contributed by atoms with E-state index in [4.69, 9.17) is 16.9 Å². The molecule has 0 radical (unpaired) electrons. The molecule has 616 valence electrons. The zero-order chi connectivity index (χ0) is 82.0. The Labute approximate surface area is 680 Å². The maximum Gasteiger partial charge on any atom is 0.245 e. The molecule has 2 saturated heterocycles. The van der Waals surface area contributed by atoms with Gasteiger partial charge in [0.1, 0.15) is 42.0 Å². The minimum atomic E-state index is -1.64. The summed E-state index contributed by atoms with van der Waals surface area (Å²) >= 11 is 1.58. The van der Waals surface area contributed by atoms with E-state index in [2.05, 4.69) is 104 Å². The molecular formula is C87H111N17O11S. The first-order valence-electron chi connectivity index (χ1n) is 40.4. The van der Waals surface area contributed by atoms with Crippen LogP contribution in [-0.2, 0) is 81.7 Å². The molecule has 3 aromatic heterocycles. The molecule has 28 nitrogen and oxygen atoms in total. The van der Waals surface area contributed by atoms with E-state index in [9.17, 15) is 29.4 Å². The number of thioether (sulfide) groups is 1. The van der Waals surface area contributed by atoms with E-state index in [0.717, 1.165) is 47.1 Å². The van der Waals surface area contributed by atoms with E-state index in [0.29, 0.717) is 72.2 Å². The number of unbranched alkanes of at least 4 members (excludes halogenated alkanes) is 1. The molecule has 29 heteroatoms. The number of phenols is 1. The lowest BCUT2D eigenvalue weighted by Gasteiger charge is -2.45. The largest absolute Gasteiger partial charge is 0.508 e. The van der Waals surface area contributed by atoms with Gasteiger partial charge in [0.15, 0.2) is 11.7 Å². The monoisotopic (exact) mass is 1600 g/mol. The van der Waals surface area contributed by atoms with Crippen LogP contribution in [0.5, 0.6) is 5.75 Å². The molecule has 13 atom stereocenters. The number of fused-ring (bicyclic) bond motifs is 3.